The first-order valence-corrected chi connectivity index (χ1v) is 8.88. The third kappa shape index (κ3) is 3.54. The monoisotopic (exact) mass is 397 g/mol. The minimum Gasteiger partial charge on any atom is -0.497 e. The molecule has 2 heterocycles. The van der Waals surface area contributed by atoms with E-state index in [0.717, 1.165) is 5.56 Å². The maximum atomic E-state index is 12.8. The van der Waals surface area contributed by atoms with Gasteiger partial charge in [-0.05, 0) is 48.5 Å². The topological polar surface area (TPSA) is 98.1 Å². The van der Waals surface area contributed by atoms with Gasteiger partial charge < -0.3 is 10.1 Å². The molecule has 0 spiro atoms. The number of fused-ring (bicyclic) bond motifs is 1. The quantitative estimate of drug-likeness (QED) is 0.704. The van der Waals surface area contributed by atoms with Crippen molar-refractivity contribution in [3.05, 3.63) is 53.6 Å². The number of amides is 2. The molecule has 1 aliphatic heterocycles. The number of hydrogen-bond donors (Lipinski definition) is 2. The molecule has 0 bridgehead atoms. The number of ether oxygens (including phenoxy) is 1. The van der Waals surface area contributed by atoms with Crippen LogP contribution < -0.4 is 15.4 Å². The number of aromatic nitrogens is 3. The number of methoxy groups -OCH3 is 1. The molecule has 2 aromatic carbocycles. The van der Waals surface area contributed by atoms with E-state index in [9.17, 15) is 9.59 Å². The molecule has 0 saturated heterocycles. The van der Waals surface area contributed by atoms with E-state index in [2.05, 4.69) is 20.7 Å². The molecule has 0 unspecified atom stereocenters. The number of nitrogens with zero attached hydrogens (tertiary/aromatic N) is 3. The zero-order valence-corrected chi connectivity index (χ0v) is 15.6. The zero-order chi connectivity index (χ0) is 19.7. The van der Waals surface area contributed by atoms with Crippen molar-refractivity contribution in [2.45, 2.75) is 12.5 Å². The number of rotatable bonds is 4. The maximum Gasteiger partial charge on any atom is 0.249 e. The third-order valence-corrected chi connectivity index (χ3v) is 4.57. The van der Waals surface area contributed by atoms with E-state index in [-0.39, 0.29) is 24.2 Å². The smallest absolute Gasteiger partial charge is 0.249 e. The van der Waals surface area contributed by atoms with Crippen LogP contribution in [0.5, 0.6) is 5.75 Å². The van der Waals surface area contributed by atoms with Crippen molar-refractivity contribution in [3.63, 3.8) is 0 Å². The van der Waals surface area contributed by atoms with Gasteiger partial charge in [-0.3, -0.25) is 14.9 Å². The average Bonchev–Trinajstić information content (AvgIpc) is 3.12. The van der Waals surface area contributed by atoms with Crippen LogP contribution in [0.1, 0.15) is 12.5 Å². The molecular weight excluding hydrogens is 382 g/mol. The molecule has 1 atom stereocenters. The van der Waals surface area contributed by atoms with E-state index in [1.54, 1.807) is 55.6 Å². The van der Waals surface area contributed by atoms with Gasteiger partial charge in [0.15, 0.2) is 5.82 Å². The van der Waals surface area contributed by atoms with Crippen molar-refractivity contribution in [1.29, 1.82) is 0 Å². The minimum atomic E-state index is -0.806. The van der Waals surface area contributed by atoms with Crippen LogP contribution in [0.4, 0.5) is 11.6 Å². The molecule has 0 radical (unpaired) electrons. The fourth-order valence-electron chi connectivity index (χ4n) is 2.89. The van der Waals surface area contributed by atoms with E-state index < -0.39 is 6.04 Å². The molecule has 2 N–H and O–H groups in total. The second-order valence-electron chi connectivity index (χ2n) is 6.20. The van der Waals surface area contributed by atoms with Crippen LogP contribution in [-0.4, -0.2) is 33.7 Å². The van der Waals surface area contributed by atoms with E-state index in [0.29, 0.717) is 22.3 Å². The summed E-state index contributed by atoms with van der Waals surface area (Å²) in [5, 5.41) is 10.5. The molecule has 4 rings (SSSR count). The summed E-state index contributed by atoms with van der Waals surface area (Å²) in [5.74, 6) is 0.666. The Morgan fingerprint density at radius 3 is 2.61 bits per heavy atom. The first-order chi connectivity index (χ1) is 13.5. The van der Waals surface area contributed by atoms with Gasteiger partial charge in [0.2, 0.25) is 17.8 Å². The summed E-state index contributed by atoms with van der Waals surface area (Å²) in [4.78, 5) is 29.2. The lowest BCUT2D eigenvalue weighted by Crippen LogP contribution is -2.36. The minimum absolute atomic E-state index is 0.0294. The van der Waals surface area contributed by atoms with E-state index in [4.69, 9.17) is 16.3 Å². The van der Waals surface area contributed by atoms with E-state index >= 15 is 0 Å². The number of anilines is 2. The van der Waals surface area contributed by atoms with Crippen LogP contribution in [0.3, 0.4) is 0 Å². The van der Waals surface area contributed by atoms with Gasteiger partial charge in [0.25, 0.3) is 0 Å². The van der Waals surface area contributed by atoms with Gasteiger partial charge in [-0.15, -0.1) is 5.10 Å². The Hall–Kier alpha value is -3.39. The first kappa shape index (κ1) is 18.0. The number of benzene rings is 2. The van der Waals surface area contributed by atoms with Crippen LogP contribution in [0.25, 0.3) is 11.4 Å². The normalized spacial score (nSPS) is 15.5. The summed E-state index contributed by atoms with van der Waals surface area (Å²) in [6, 6.07) is 13.1. The van der Waals surface area contributed by atoms with Crippen LogP contribution in [0.2, 0.25) is 5.02 Å². The Kier molecular flexibility index (Phi) is 4.70. The second-order valence-corrected chi connectivity index (χ2v) is 6.63. The van der Waals surface area contributed by atoms with Crippen LogP contribution >= 0.6 is 11.6 Å². The molecule has 9 heteroatoms. The highest BCUT2D eigenvalue weighted by molar-refractivity contribution is 6.30. The lowest BCUT2D eigenvalue weighted by atomic mass is 10.1. The Balaban J connectivity index is 1.61. The number of carbonyl (C=O) groups is 2. The van der Waals surface area contributed by atoms with Crippen molar-refractivity contribution in [2.24, 2.45) is 0 Å². The third-order valence-electron chi connectivity index (χ3n) is 4.32. The van der Waals surface area contributed by atoms with Crippen molar-refractivity contribution >= 4 is 35.1 Å². The molecule has 8 nitrogen and oxygen atoms in total. The Bertz CT molecular complexity index is 1030. The predicted molar refractivity (Wildman–Crippen MR) is 104 cm³/mol. The largest absolute Gasteiger partial charge is 0.497 e. The fraction of sp³-hybridized carbons (Fsp3) is 0.158. The van der Waals surface area contributed by atoms with Gasteiger partial charge in [0, 0.05) is 16.3 Å². The van der Waals surface area contributed by atoms with E-state index in [1.807, 2.05) is 0 Å². The van der Waals surface area contributed by atoms with Crippen LogP contribution in [0, 0.1) is 0 Å². The molecule has 1 aromatic heterocycles. The van der Waals surface area contributed by atoms with Gasteiger partial charge in [-0.1, -0.05) is 11.6 Å². The van der Waals surface area contributed by atoms with Crippen molar-refractivity contribution in [3.8, 4) is 17.1 Å². The molecular formula is C19H16ClN5O3. The highest BCUT2D eigenvalue weighted by atomic mass is 35.5. The van der Waals surface area contributed by atoms with Gasteiger partial charge in [0.05, 0.1) is 13.5 Å². The van der Waals surface area contributed by atoms with Crippen molar-refractivity contribution in [1.82, 2.24) is 14.8 Å². The molecule has 2 amide bonds. The summed E-state index contributed by atoms with van der Waals surface area (Å²) >= 11 is 5.92. The van der Waals surface area contributed by atoms with Crippen molar-refractivity contribution < 1.29 is 14.3 Å². The first-order valence-electron chi connectivity index (χ1n) is 8.51. The van der Waals surface area contributed by atoms with Gasteiger partial charge in [0.1, 0.15) is 11.8 Å². The molecule has 3 aromatic rings. The Morgan fingerprint density at radius 1 is 1.21 bits per heavy atom. The lowest BCUT2D eigenvalue weighted by Gasteiger charge is -2.22. The fourth-order valence-corrected chi connectivity index (χ4v) is 3.01. The SMILES string of the molecule is COc1ccc(NC(=O)[C@@H]2CC(=O)Nc3nc(-c4ccc(Cl)cc4)nn32)cc1. The number of halogens is 1. The maximum absolute atomic E-state index is 12.8. The summed E-state index contributed by atoms with van der Waals surface area (Å²) < 4.78 is 6.54. The summed E-state index contributed by atoms with van der Waals surface area (Å²) in [6.45, 7) is 0. The zero-order valence-electron chi connectivity index (χ0n) is 14.8. The Labute approximate surface area is 165 Å². The highest BCUT2D eigenvalue weighted by Crippen LogP contribution is 2.28. The van der Waals surface area contributed by atoms with Crippen molar-refractivity contribution in [2.75, 3.05) is 17.7 Å². The van der Waals surface area contributed by atoms with Gasteiger partial charge >= 0.3 is 0 Å². The van der Waals surface area contributed by atoms with Gasteiger partial charge in [-0.25, -0.2) is 4.68 Å². The average molecular weight is 398 g/mol. The lowest BCUT2D eigenvalue weighted by molar-refractivity contribution is -0.125. The summed E-state index contributed by atoms with van der Waals surface area (Å²) in [7, 11) is 1.57. The Morgan fingerprint density at radius 2 is 1.93 bits per heavy atom. The number of carbonyl (C=O) groups excluding carboxylic acids is 2. The molecule has 0 saturated carbocycles. The summed E-state index contributed by atoms with van der Waals surface area (Å²) in [6.07, 6.45) is -0.0294. The molecule has 28 heavy (non-hydrogen) atoms. The predicted octanol–water partition coefficient (Wildman–Crippen LogP) is 3.13. The number of hydrogen-bond acceptors (Lipinski definition) is 5. The number of nitrogens with one attached hydrogen (secondary N) is 2. The summed E-state index contributed by atoms with van der Waals surface area (Å²) in [5.41, 5.74) is 1.33. The second kappa shape index (κ2) is 7.32. The van der Waals surface area contributed by atoms with Crippen LogP contribution in [-0.2, 0) is 9.59 Å². The highest BCUT2D eigenvalue weighted by Gasteiger charge is 2.33. The molecule has 142 valence electrons. The molecule has 1 aliphatic rings. The van der Waals surface area contributed by atoms with Gasteiger partial charge in [-0.2, -0.15) is 4.98 Å². The standard InChI is InChI=1S/C19H16ClN5O3/c1-28-14-8-6-13(7-9-14)21-18(27)15-10-16(26)22-19-23-17(24-25(15)19)11-2-4-12(20)5-3-11/h2-9,15H,10H2,1H3,(H,21,27)(H,22,23,24,26)/t15-/m0/s1. The molecule has 0 fully saturated rings. The van der Waals surface area contributed by atoms with Crippen LogP contribution in [0.15, 0.2) is 48.5 Å². The van der Waals surface area contributed by atoms with E-state index in [1.165, 1.54) is 4.68 Å². The molecule has 0 aliphatic carbocycles.